The number of hydrazine groups is 1. The molecule has 92 valence electrons. The highest BCUT2D eigenvalue weighted by Gasteiger charge is 2.17. The second-order valence-corrected chi connectivity index (χ2v) is 4.58. The molecule has 2 heterocycles. The van der Waals surface area contributed by atoms with Crippen molar-refractivity contribution >= 4 is 11.5 Å². The first-order chi connectivity index (χ1) is 8.22. The minimum atomic E-state index is -0.0875. The molecule has 1 unspecified atom stereocenters. The molecule has 0 bridgehead atoms. The first-order valence-corrected chi connectivity index (χ1v) is 6.17. The van der Waals surface area contributed by atoms with Gasteiger partial charge in [-0.1, -0.05) is 4.49 Å². The van der Waals surface area contributed by atoms with E-state index in [4.69, 9.17) is 5.84 Å². The average molecular weight is 253 g/mol. The van der Waals surface area contributed by atoms with Crippen molar-refractivity contribution in [1.82, 2.24) is 29.8 Å². The lowest BCUT2D eigenvalue weighted by Gasteiger charge is -2.14. The maximum Gasteiger partial charge on any atom is 0.138 e. The summed E-state index contributed by atoms with van der Waals surface area (Å²) < 4.78 is 5.71. The second kappa shape index (κ2) is 5.30. The van der Waals surface area contributed by atoms with E-state index >= 15 is 0 Å². The van der Waals surface area contributed by atoms with Gasteiger partial charge < -0.3 is 0 Å². The van der Waals surface area contributed by atoms with Crippen LogP contribution >= 0.6 is 11.5 Å². The third kappa shape index (κ3) is 2.65. The van der Waals surface area contributed by atoms with Gasteiger partial charge in [0.1, 0.15) is 12.2 Å². The molecule has 2 aromatic rings. The van der Waals surface area contributed by atoms with Crippen LogP contribution in [0.15, 0.2) is 11.7 Å². The molecule has 0 aliphatic rings. The van der Waals surface area contributed by atoms with Crippen molar-refractivity contribution < 1.29 is 0 Å². The average Bonchev–Trinajstić information content (AvgIpc) is 2.96. The number of nitrogens with two attached hydrogens (primary N) is 1. The fraction of sp³-hybridized carbons (Fsp3) is 0.556. The van der Waals surface area contributed by atoms with E-state index in [0.717, 1.165) is 11.5 Å². The standard InChI is InChI=1S/C9H15N7S/c1-6(2)16-9(11-5-12-16)3-7(13-10)8-4-17-15-14-8/h4-7,13H,3,10H2,1-2H3. The minimum absolute atomic E-state index is 0.0875. The SMILES string of the molecule is CC(C)n1ncnc1CC(NN)c1csnn1. The molecular formula is C9H15N7S. The summed E-state index contributed by atoms with van der Waals surface area (Å²) in [6, 6.07) is 0.190. The van der Waals surface area contributed by atoms with Crippen LogP contribution in [-0.4, -0.2) is 24.4 Å². The van der Waals surface area contributed by atoms with Gasteiger partial charge in [-0.3, -0.25) is 11.3 Å². The molecule has 17 heavy (non-hydrogen) atoms. The third-order valence-electron chi connectivity index (χ3n) is 2.46. The van der Waals surface area contributed by atoms with Crippen LogP contribution in [0.4, 0.5) is 0 Å². The topological polar surface area (TPSA) is 94.5 Å². The van der Waals surface area contributed by atoms with Crippen LogP contribution < -0.4 is 11.3 Å². The van der Waals surface area contributed by atoms with Crippen LogP contribution in [-0.2, 0) is 6.42 Å². The molecule has 0 radical (unpaired) electrons. The van der Waals surface area contributed by atoms with Gasteiger partial charge in [-0.05, 0) is 25.4 Å². The van der Waals surface area contributed by atoms with Crippen molar-refractivity contribution in [2.75, 3.05) is 0 Å². The monoisotopic (exact) mass is 253 g/mol. The smallest absolute Gasteiger partial charge is 0.138 e. The lowest BCUT2D eigenvalue weighted by Crippen LogP contribution is -2.31. The Kier molecular flexibility index (Phi) is 3.77. The first-order valence-electron chi connectivity index (χ1n) is 5.33. The van der Waals surface area contributed by atoms with Gasteiger partial charge in [0, 0.05) is 17.8 Å². The van der Waals surface area contributed by atoms with E-state index in [1.807, 2.05) is 10.1 Å². The second-order valence-electron chi connectivity index (χ2n) is 3.97. The number of hydrogen-bond donors (Lipinski definition) is 2. The Balaban J connectivity index is 2.16. The molecule has 7 nitrogen and oxygen atoms in total. The summed E-state index contributed by atoms with van der Waals surface area (Å²) >= 11 is 1.31. The van der Waals surface area contributed by atoms with E-state index in [1.54, 1.807) is 6.33 Å². The lowest BCUT2D eigenvalue weighted by atomic mass is 10.1. The van der Waals surface area contributed by atoms with Crippen LogP contribution in [0.3, 0.4) is 0 Å². The molecule has 0 aliphatic carbocycles. The van der Waals surface area contributed by atoms with Crippen LogP contribution in [0.1, 0.15) is 37.4 Å². The summed E-state index contributed by atoms with van der Waals surface area (Å²) in [4.78, 5) is 4.25. The normalized spacial score (nSPS) is 13.2. The number of hydrogen-bond acceptors (Lipinski definition) is 7. The molecule has 2 aromatic heterocycles. The van der Waals surface area contributed by atoms with E-state index in [1.165, 1.54) is 11.5 Å². The summed E-state index contributed by atoms with van der Waals surface area (Å²) in [5.74, 6) is 6.42. The molecule has 2 rings (SSSR count). The van der Waals surface area contributed by atoms with Gasteiger partial charge in [-0.2, -0.15) is 5.10 Å². The predicted molar refractivity (Wildman–Crippen MR) is 64.1 cm³/mol. The third-order valence-corrected chi connectivity index (χ3v) is 2.98. The van der Waals surface area contributed by atoms with Crippen molar-refractivity contribution in [2.45, 2.75) is 32.4 Å². The molecule has 0 saturated heterocycles. The Bertz CT molecular complexity index is 450. The summed E-state index contributed by atoms with van der Waals surface area (Å²) in [6.45, 7) is 4.13. The van der Waals surface area contributed by atoms with E-state index in [9.17, 15) is 0 Å². The molecule has 1 atom stereocenters. The summed E-state index contributed by atoms with van der Waals surface area (Å²) in [6.07, 6.45) is 2.20. The maximum atomic E-state index is 5.54. The summed E-state index contributed by atoms with van der Waals surface area (Å²) in [5, 5.41) is 10.1. The van der Waals surface area contributed by atoms with Crippen molar-refractivity contribution in [2.24, 2.45) is 5.84 Å². The largest absolute Gasteiger partial charge is 0.271 e. The molecule has 0 aromatic carbocycles. The Hall–Kier alpha value is -1.38. The Morgan fingerprint density at radius 3 is 2.94 bits per heavy atom. The van der Waals surface area contributed by atoms with Crippen molar-refractivity contribution in [1.29, 1.82) is 0 Å². The summed E-state index contributed by atoms with van der Waals surface area (Å²) in [7, 11) is 0. The van der Waals surface area contributed by atoms with Gasteiger partial charge in [-0.25, -0.2) is 9.67 Å². The predicted octanol–water partition coefficient (Wildman–Crippen LogP) is 0.458. The molecule has 0 fully saturated rings. The summed E-state index contributed by atoms with van der Waals surface area (Å²) in [5.41, 5.74) is 3.56. The van der Waals surface area contributed by atoms with E-state index < -0.39 is 0 Å². The number of rotatable bonds is 5. The number of aromatic nitrogens is 5. The van der Waals surface area contributed by atoms with Crippen molar-refractivity contribution in [3.8, 4) is 0 Å². The molecule has 0 aliphatic heterocycles. The van der Waals surface area contributed by atoms with Crippen molar-refractivity contribution in [3.05, 3.63) is 23.2 Å². The maximum absolute atomic E-state index is 5.54. The Morgan fingerprint density at radius 1 is 1.53 bits per heavy atom. The minimum Gasteiger partial charge on any atom is -0.271 e. The highest BCUT2D eigenvalue weighted by atomic mass is 32.1. The van der Waals surface area contributed by atoms with Gasteiger partial charge >= 0.3 is 0 Å². The molecule has 0 saturated carbocycles. The van der Waals surface area contributed by atoms with Crippen LogP contribution in [0, 0.1) is 0 Å². The van der Waals surface area contributed by atoms with E-state index in [2.05, 4.69) is 38.9 Å². The molecule has 8 heteroatoms. The van der Waals surface area contributed by atoms with Crippen LogP contribution in [0.25, 0.3) is 0 Å². The molecule has 3 N–H and O–H groups in total. The zero-order chi connectivity index (χ0) is 12.3. The van der Waals surface area contributed by atoms with Crippen LogP contribution in [0.5, 0.6) is 0 Å². The zero-order valence-corrected chi connectivity index (χ0v) is 10.6. The van der Waals surface area contributed by atoms with Gasteiger partial charge in [0.2, 0.25) is 0 Å². The zero-order valence-electron chi connectivity index (χ0n) is 9.74. The highest BCUT2D eigenvalue weighted by Crippen LogP contribution is 2.16. The van der Waals surface area contributed by atoms with Gasteiger partial charge in [0.25, 0.3) is 0 Å². The first kappa shape index (κ1) is 12.1. The fourth-order valence-electron chi connectivity index (χ4n) is 1.61. The van der Waals surface area contributed by atoms with E-state index in [-0.39, 0.29) is 12.1 Å². The lowest BCUT2D eigenvalue weighted by molar-refractivity contribution is 0.463. The van der Waals surface area contributed by atoms with Crippen molar-refractivity contribution in [3.63, 3.8) is 0 Å². The number of nitrogens with one attached hydrogen (secondary N) is 1. The molecular weight excluding hydrogens is 238 g/mol. The molecule has 0 amide bonds. The van der Waals surface area contributed by atoms with Gasteiger partial charge in [0.15, 0.2) is 0 Å². The number of nitrogens with zero attached hydrogens (tertiary/aromatic N) is 5. The highest BCUT2D eigenvalue weighted by molar-refractivity contribution is 7.03. The fourth-order valence-corrected chi connectivity index (χ4v) is 2.11. The van der Waals surface area contributed by atoms with Gasteiger partial charge in [-0.15, -0.1) is 5.10 Å². The van der Waals surface area contributed by atoms with Gasteiger partial charge in [0.05, 0.1) is 11.7 Å². The van der Waals surface area contributed by atoms with Crippen LogP contribution in [0.2, 0.25) is 0 Å². The quantitative estimate of drug-likeness (QED) is 0.593. The van der Waals surface area contributed by atoms with E-state index in [0.29, 0.717) is 6.42 Å². The molecule has 0 spiro atoms. The Labute approximate surface area is 103 Å². The Morgan fingerprint density at radius 2 is 2.35 bits per heavy atom.